The molecule has 0 aromatic rings. The van der Waals surface area contributed by atoms with Gasteiger partial charge in [-0.3, -0.25) is 9.59 Å². The number of thioether (sulfide) groups is 1. The van der Waals surface area contributed by atoms with Crippen molar-refractivity contribution < 1.29 is 24.9 Å². The minimum atomic E-state index is -1.05. The summed E-state index contributed by atoms with van der Waals surface area (Å²) in [4.78, 5) is 20.8. The topological polar surface area (TPSA) is 94.8 Å². The van der Waals surface area contributed by atoms with Gasteiger partial charge in [0.15, 0.2) is 0 Å². The van der Waals surface area contributed by atoms with E-state index in [1.54, 1.807) is 0 Å². The van der Waals surface area contributed by atoms with E-state index < -0.39 is 23.3 Å². The second-order valence-electron chi connectivity index (χ2n) is 2.96. The van der Waals surface area contributed by atoms with Gasteiger partial charge in [-0.2, -0.15) is 11.8 Å². The molecule has 0 saturated heterocycles. The second kappa shape index (κ2) is 7.78. The van der Waals surface area contributed by atoms with Crippen molar-refractivity contribution in [2.45, 2.75) is 24.2 Å². The van der Waals surface area contributed by atoms with Gasteiger partial charge in [0.05, 0.1) is 18.9 Å². The summed E-state index contributed by atoms with van der Waals surface area (Å²) in [6, 6.07) is 0. The van der Waals surface area contributed by atoms with Crippen molar-refractivity contribution in [3.05, 3.63) is 0 Å². The first-order chi connectivity index (χ1) is 6.95. The van der Waals surface area contributed by atoms with Crippen LogP contribution in [0, 0.1) is 0 Å². The Morgan fingerprint density at radius 1 is 1.20 bits per heavy atom. The highest BCUT2D eigenvalue weighted by Gasteiger charge is 2.18. The molecule has 0 aliphatic heterocycles. The summed E-state index contributed by atoms with van der Waals surface area (Å²) in [6.45, 7) is 0. The van der Waals surface area contributed by atoms with Crippen LogP contribution in [-0.2, 0) is 9.59 Å². The van der Waals surface area contributed by atoms with E-state index in [4.69, 9.17) is 26.9 Å². The lowest BCUT2D eigenvalue weighted by atomic mass is 10.2. The fourth-order valence-electron chi connectivity index (χ4n) is 0.871. The number of carbonyl (C=O) groups is 2. The third-order valence-electron chi connectivity index (χ3n) is 1.51. The lowest BCUT2D eigenvalue weighted by Gasteiger charge is -2.13. The van der Waals surface area contributed by atoms with Gasteiger partial charge in [0.25, 0.3) is 0 Å². The zero-order valence-electron chi connectivity index (χ0n) is 7.93. The molecule has 0 aromatic carbocycles. The fraction of sp³-hybridized carbons (Fsp3) is 0.750. The maximum atomic E-state index is 10.4. The SMILES string of the molecule is O=C(O)CC(CC(=O)O)SCC(O)CCl. The Bertz CT molecular complexity index is 207. The summed E-state index contributed by atoms with van der Waals surface area (Å²) in [5.74, 6) is -1.79. The lowest BCUT2D eigenvalue weighted by molar-refractivity contribution is -0.138. The molecule has 1 unspecified atom stereocenters. The van der Waals surface area contributed by atoms with Crippen LogP contribution in [0.15, 0.2) is 0 Å². The van der Waals surface area contributed by atoms with Gasteiger partial charge in [-0.05, 0) is 0 Å². The molecule has 0 aliphatic rings. The molecule has 0 bridgehead atoms. The fourth-order valence-corrected chi connectivity index (χ4v) is 2.24. The van der Waals surface area contributed by atoms with E-state index in [0.717, 1.165) is 11.8 Å². The molecule has 0 saturated carbocycles. The van der Waals surface area contributed by atoms with Gasteiger partial charge >= 0.3 is 11.9 Å². The minimum Gasteiger partial charge on any atom is -0.481 e. The number of carboxylic acids is 2. The van der Waals surface area contributed by atoms with Crippen LogP contribution in [-0.4, -0.2) is 50.2 Å². The largest absolute Gasteiger partial charge is 0.481 e. The van der Waals surface area contributed by atoms with E-state index in [1.165, 1.54) is 0 Å². The molecule has 0 fully saturated rings. The highest BCUT2D eigenvalue weighted by Crippen LogP contribution is 2.19. The Morgan fingerprint density at radius 3 is 2.00 bits per heavy atom. The molecule has 0 spiro atoms. The third kappa shape index (κ3) is 8.53. The van der Waals surface area contributed by atoms with Crippen molar-refractivity contribution >= 4 is 35.3 Å². The molecule has 3 N–H and O–H groups in total. The van der Waals surface area contributed by atoms with E-state index in [2.05, 4.69) is 0 Å². The highest BCUT2D eigenvalue weighted by molar-refractivity contribution is 8.00. The Balaban J connectivity index is 4.00. The number of hydrogen-bond acceptors (Lipinski definition) is 4. The zero-order chi connectivity index (χ0) is 11.8. The standard InChI is InChI=1S/C8H13ClO5S/c9-3-5(10)4-15-6(1-7(11)12)2-8(13)14/h5-6,10H,1-4H2,(H,11,12)(H,13,14). The molecular formula is C8H13ClO5S. The van der Waals surface area contributed by atoms with Gasteiger partial charge in [-0.15, -0.1) is 11.6 Å². The number of hydrogen-bond donors (Lipinski definition) is 3. The van der Waals surface area contributed by atoms with Crippen LogP contribution in [0.1, 0.15) is 12.8 Å². The van der Waals surface area contributed by atoms with Gasteiger partial charge in [0, 0.05) is 16.9 Å². The first-order valence-corrected chi connectivity index (χ1v) is 5.83. The Morgan fingerprint density at radius 2 is 1.67 bits per heavy atom. The number of aliphatic hydroxyl groups excluding tert-OH is 1. The number of carboxylic acid groups (broad SMARTS) is 2. The molecule has 0 aromatic heterocycles. The first-order valence-electron chi connectivity index (χ1n) is 4.25. The van der Waals surface area contributed by atoms with Crippen molar-refractivity contribution in [3.8, 4) is 0 Å². The lowest BCUT2D eigenvalue weighted by Crippen LogP contribution is -2.19. The average Bonchev–Trinajstić information content (AvgIpc) is 2.11. The maximum absolute atomic E-state index is 10.4. The van der Waals surface area contributed by atoms with Gasteiger partial charge in [0.1, 0.15) is 0 Å². The van der Waals surface area contributed by atoms with E-state index >= 15 is 0 Å². The summed E-state index contributed by atoms with van der Waals surface area (Å²) in [5.41, 5.74) is 0. The number of aliphatic carboxylic acids is 2. The van der Waals surface area contributed by atoms with Gasteiger partial charge in [-0.25, -0.2) is 0 Å². The summed E-state index contributed by atoms with van der Waals surface area (Å²) in [7, 11) is 0. The van der Waals surface area contributed by atoms with Crippen LogP contribution in [0.5, 0.6) is 0 Å². The molecule has 0 aliphatic carbocycles. The smallest absolute Gasteiger partial charge is 0.304 e. The first kappa shape index (κ1) is 14.5. The van der Waals surface area contributed by atoms with Crippen molar-refractivity contribution in [3.63, 3.8) is 0 Å². The summed E-state index contributed by atoms with van der Waals surface area (Å²) >= 11 is 6.47. The molecule has 15 heavy (non-hydrogen) atoms. The summed E-state index contributed by atoms with van der Waals surface area (Å²) < 4.78 is 0. The zero-order valence-corrected chi connectivity index (χ0v) is 9.50. The molecule has 0 amide bonds. The predicted molar refractivity (Wildman–Crippen MR) is 57.5 cm³/mol. The van der Waals surface area contributed by atoms with Gasteiger partial charge in [0.2, 0.25) is 0 Å². The van der Waals surface area contributed by atoms with E-state index in [9.17, 15) is 9.59 Å². The Labute approximate surface area is 96.4 Å². The molecule has 5 nitrogen and oxygen atoms in total. The Hall–Kier alpha value is -0.460. The van der Waals surface area contributed by atoms with Crippen LogP contribution in [0.25, 0.3) is 0 Å². The van der Waals surface area contributed by atoms with Crippen molar-refractivity contribution in [1.29, 1.82) is 0 Å². The normalized spacial score (nSPS) is 12.7. The van der Waals surface area contributed by atoms with E-state index in [-0.39, 0.29) is 24.5 Å². The van der Waals surface area contributed by atoms with Crippen molar-refractivity contribution in [2.75, 3.05) is 11.6 Å². The Kier molecular flexibility index (Phi) is 7.54. The summed E-state index contributed by atoms with van der Waals surface area (Å²) in [5, 5.41) is 25.6. The molecule has 1 atom stereocenters. The number of rotatable bonds is 8. The maximum Gasteiger partial charge on any atom is 0.304 e. The van der Waals surface area contributed by atoms with Gasteiger partial charge in [-0.1, -0.05) is 0 Å². The van der Waals surface area contributed by atoms with Crippen LogP contribution in [0.3, 0.4) is 0 Å². The molecular weight excluding hydrogens is 244 g/mol. The van der Waals surface area contributed by atoms with Crippen LogP contribution >= 0.6 is 23.4 Å². The van der Waals surface area contributed by atoms with Gasteiger partial charge < -0.3 is 15.3 Å². The van der Waals surface area contributed by atoms with Crippen LogP contribution < -0.4 is 0 Å². The van der Waals surface area contributed by atoms with Crippen molar-refractivity contribution in [2.24, 2.45) is 0 Å². The van der Waals surface area contributed by atoms with E-state index in [0.29, 0.717) is 0 Å². The molecule has 88 valence electrons. The monoisotopic (exact) mass is 256 g/mol. The number of alkyl halides is 1. The average molecular weight is 257 g/mol. The molecule has 0 radical (unpaired) electrons. The summed E-state index contributed by atoms with van der Waals surface area (Å²) in [6.07, 6.45) is -1.19. The van der Waals surface area contributed by atoms with Crippen LogP contribution in [0.4, 0.5) is 0 Å². The number of aliphatic hydroxyl groups is 1. The minimum absolute atomic E-state index is 0.0554. The van der Waals surface area contributed by atoms with Crippen molar-refractivity contribution in [1.82, 2.24) is 0 Å². The molecule has 7 heteroatoms. The molecule has 0 rings (SSSR count). The molecule has 0 heterocycles. The quantitative estimate of drug-likeness (QED) is 0.552. The second-order valence-corrected chi connectivity index (χ2v) is 4.60. The van der Waals surface area contributed by atoms with E-state index in [1.807, 2.05) is 0 Å². The number of halogens is 1. The highest BCUT2D eigenvalue weighted by atomic mass is 35.5. The van der Waals surface area contributed by atoms with Crippen LogP contribution in [0.2, 0.25) is 0 Å². The third-order valence-corrected chi connectivity index (χ3v) is 3.25. The predicted octanol–water partition coefficient (Wildman–Crippen LogP) is 0.637.